The number of aryl methyl sites for hydroxylation is 2. The summed E-state index contributed by atoms with van der Waals surface area (Å²) in [7, 11) is 1.57. The normalized spacial score (nSPS) is 15.5. The van der Waals surface area contributed by atoms with E-state index in [1.165, 1.54) is 5.06 Å². The number of rotatable bonds is 10. The molecule has 2 aliphatic carbocycles. The molecule has 16 heteroatoms. The average Bonchev–Trinajstić information content (AvgIpc) is 3.76. The molecule has 4 aromatic rings. The Morgan fingerprint density at radius 1 is 0.821 bits per heavy atom. The molecule has 304 valence electrons. The average molecular weight is 815 g/mol. The van der Waals surface area contributed by atoms with Gasteiger partial charge in [-0.05, 0) is 110 Å². The minimum atomic E-state index is -1.08. The van der Waals surface area contributed by atoms with Crippen LogP contribution in [-0.2, 0) is 44.8 Å². The fraction of sp³-hybridized carbons (Fsp3) is 0.450. The molecule has 0 spiro atoms. The number of benzene rings is 2. The van der Waals surface area contributed by atoms with Crippen LogP contribution in [0.1, 0.15) is 98.4 Å². The second-order valence-corrected chi connectivity index (χ2v) is 14.6. The first-order chi connectivity index (χ1) is 26.2. The van der Waals surface area contributed by atoms with Gasteiger partial charge in [0, 0.05) is 69.4 Å². The number of H-pyrrole nitrogens is 2. The largest absolute Gasteiger partial charge is 0.476 e. The molecule has 2 aromatic carbocycles. The number of hydrogen-bond acceptors (Lipinski definition) is 8. The maximum absolute atomic E-state index is 12.7. The molecular weight excluding hydrogens is 761 g/mol. The number of hydroxylamine groups is 2. The third-order valence-electron chi connectivity index (χ3n) is 8.78. The lowest BCUT2D eigenvalue weighted by molar-refractivity contribution is -0.136. The molecule has 0 saturated carbocycles. The van der Waals surface area contributed by atoms with E-state index in [2.05, 4.69) is 31.0 Å². The van der Waals surface area contributed by atoms with Crippen LogP contribution in [-0.4, -0.2) is 80.1 Å². The Hall–Kier alpha value is -4.76. The lowest BCUT2D eigenvalue weighted by Crippen LogP contribution is -2.32. The number of carbonyl (C=O) groups excluding carboxylic acids is 3. The number of hydrogen-bond donors (Lipinski definition) is 5. The lowest BCUT2D eigenvalue weighted by atomic mass is 9.85. The lowest BCUT2D eigenvalue weighted by Gasteiger charge is -2.23. The van der Waals surface area contributed by atoms with Gasteiger partial charge < -0.3 is 20.5 Å². The topological polar surface area (TPSA) is 192 Å². The van der Waals surface area contributed by atoms with Crippen LogP contribution in [0.5, 0.6) is 0 Å². The van der Waals surface area contributed by atoms with Crippen LogP contribution < -0.4 is 10.6 Å². The molecule has 2 unspecified atom stereocenters. The molecule has 6 rings (SSSR count). The van der Waals surface area contributed by atoms with Crippen molar-refractivity contribution in [2.45, 2.75) is 92.8 Å². The van der Waals surface area contributed by atoms with E-state index in [9.17, 15) is 19.2 Å². The smallest absolute Gasteiger partial charge is 0.356 e. The number of anilines is 2. The number of carboxylic acid groups (broad SMARTS) is 1. The molecule has 56 heavy (non-hydrogen) atoms. The van der Waals surface area contributed by atoms with Crippen molar-refractivity contribution >= 4 is 58.3 Å². The summed E-state index contributed by atoms with van der Waals surface area (Å²) in [6, 6.07) is 14.0. The maximum Gasteiger partial charge on any atom is 0.356 e. The van der Waals surface area contributed by atoms with E-state index in [0.717, 1.165) is 23.6 Å². The Morgan fingerprint density at radius 3 is 1.68 bits per heavy atom. The molecule has 0 fully saturated rings. The van der Waals surface area contributed by atoms with Gasteiger partial charge in [0.05, 0.1) is 12.2 Å². The Kier molecular flexibility index (Phi) is 17.5. The van der Waals surface area contributed by atoms with Crippen molar-refractivity contribution in [2.75, 3.05) is 24.3 Å². The maximum atomic E-state index is 12.7. The van der Waals surface area contributed by atoms with Crippen LogP contribution in [0, 0.1) is 11.8 Å². The summed E-state index contributed by atoms with van der Waals surface area (Å²) in [4.78, 5) is 54.2. The zero-order valence-corrected chi connectivity index (χ0v) is 33.4. The third kappa shape index (κ3) is 12.9. The number of aromatic nitrogens is 4. The van der Waals surface area contributed by atoms with Crippen LogP contribution in [0.25, 0.3) is 0 Å². The van der Waals surface area contributed by atoms with Gasteiger partial charge in [-0.2, -0.15) is 10.2 Å². The fourth-order valence-electron chi connectivity index (χ4n) is 6.26. The number of ether oxygens (including phenoxy) is 1. The molecule has 14 nitrogen and oxygen atoms in total. The van der Waals surface area contributed by atoms with E-state index in [-0.39, 0.29) is 48.8 Å². The zero-order chi connectivity index (χ0) is 40.2. The molecule has 2 atom stereocenters. The molecule has 2 aromatic heterocycles. The number of aromatic amines is 2. The summed E-state index contributed by atoms with van der Waals surface area (Å²) in [5.74, 6) is -2.13. The highest BCUT2D eigenvalue weighted by Crippen LogP contribution is 2.30. The molecule has 0 bridgehead atoms. The first kappa shape index (κ1) is 45.6. The standard InChI is InChI=1S/C19H23ClN4O3.C15H14ClN3O3.C5H12O.CH4/c1-11(2)27-24(3)19(26)17-15-9-12(7-8-16(15)22-23-17)18(25)21-14-6-4-5-13(20)10-14;16-9-2-1-3-10(7-9)17-14(20)8-4-5-12-11(6-8)13(15(21)22)19-18-12;1-4-6-5(2)3;/h4-6,10-12H,7-9H2,1-3H3,(H,21,25)(H,22,23);1-3,7-8H,4-6H2,(H,17,20)(H,18,19)(H,21,22);5H,4H2,1-3H3;1H4. The van der Waals surface area contributed by atoms with Crippen molar-refractivity contribution in [1.29, 1.82) is 0 Å². The van der Waals surface area contributed by atoms with Crippen LogP contribution in [0.15, 0.2) is 48.5 Å². The molecule has 3 amide bonds. The van der Waals surface area contributed by atoms with Crippen molar-refractivity contribution in [1.82, 2.24) is 25.5 Å². The minimum Gasteiger partial charge on any atom is -0.476 e. The summed E-state index contributed by atoms with van der Waals surface area (Å²) >= 11 is 11.9. The molecule has 5 N–H and O–H groups in total. The summed E-state index contributed by atoms with van der Waals surface area (Å²) in [5, 5.41) is 30.8. The highest BCUT2D eigenvalue weighted by Gasteiger charge is 2.32. The number of halogens is 2. The van der Waals surface area contributed by atoms with Gasteiger partial charge >= 0.3 is 5.97 Å². The van der Waals surface area contributed by atoms with E-state index in [1.807, 2.05) is 34.6 Å². The van der Waals surface area contributed by atoms with Crippen molar-refractivity contribution in [3.8, 4) is 0 Å². The zero-order valence-electron chi connectivity index (χ0n) is 31.9. The Balaban J connectivity index is 0.000000262. The monoisotopic (exact) mass is 813 g/mol. The first-order valence-corrected chi connectivity index (χ1v) is 19.0. The highest BCUT2D eigenvalue weighted by atomic mass is 35.5. The van der Waals surface area contributed by atoms with Crippen molar-refractivity contribution in [3.05, 3.63) is 92.5 Å². The van der Waals surface area contributed by atoms with Crippen LogP contribution in [0.2, 0.25) is 10.0 Å². The van der Waals surface area contributed by atoms with Gasteiger partial charge in [0.1, 0.15) is 0 Å². The fourth-order valence-corrected chi connectivity index (χ4v) is 6.64. The van der Waals surface area contributed by atoms with Gasteiger partial charge in [-0.1, -0.05) is 42.8 Å². The number of nitrogens with one attached hydrogen (secondary N) is 4. The van der Waals surface area contributed by atoms with Gasteiger partial charge in [-0.3, -0.25) is 29.4 Å². The number of nitrogens with zero attached hydrogens (tertiary/aromatic N) is 3. The van der Waals surface area contributed by atoms with E-state index < -0.39 is 5.97 Å². The predicted octanol–water partition coefficient (Wildman–Crippen LogP) is 7.79. The van der Waals surface area contributed by atoms with Gasteiger partial charge in [-0.15, -0.1) is 0 Å². The van der Waals surface area contributed by atoms with E-state index in [0.29, 0.717) is 77.3 Å². The number of carboxylic acids is 1. The summed E-state index contributed by atoms with van der Waals surface area (Å²) in [5.41, 5.74) is 4.75. The molecule has 2 aliphatic rings. The number of fused-ring (bicyclic) bond motifs is 2. The summed E-state index contributed by atoms with van der Waals surface area (Å²) in [6.45, 7) is 10.6. The van der Waals surface area contributed by atoms with Crippen LogP contribution in [0.4, 0.5) is 11.4 Å². The van der Waals surface area contributed by atoms with Crippen LogP contribution >= 0.6 is 23.2 Å². The van der Waals surface area contributed by atoms with Gasteiger partial charge in [0.15, 0.2) is 11.4 Å². The second kappa shape index (κ2) is 21.5. The number of aromatic carboxylic acids is 1. The van der Waals surface area contributed by atoms with Crippen molar-refractivity contribution in [2.24, 2.45) is 11.8 Å². The predicted molar refractivity (Wildman–Crippen MR) is 217 cm³/mol. The number of amides is 3. The van der Waals surface area contributed by atoms with E-state index >= 15 is 0 Å². The quantitative estimate of drug-likeness (QED) is 0.0995. The molecular formula is C40H53Cl2N7O7. The van der Waals surface area contributed by atoms with Crippen molar-refractivity contribution in [3.63, 3.8) is 0 Å². The SMILES string of the molecule is C.CC(C)ON(C)C(=O)c1n[nH]c2c1CC(C(=O)Nc1cccc(Cl)c1)CC2.CCOC(C)C.O=C(O)c1n[nH]c2c1CC(C(=O)Nc1cccc(Cl)c1)CC2. The minimum absolute atomic E-state index is 0. The Labute approximate surface area is 338 Å². The summed E-state index contributed by atoms with van der Waals surface area (Å²) < 4.78 is 5.04. The molecule has 0 aliphatic heterocycles. The molecule has 0 radical (unpaired) electrons. The first-order valence-electron chi connectivity index (χ1n) is 18.2. The van der Waals surface area contributed by atoms with Gasteiger partial charge in [0.2, 0.25) is 11.8 Å². The number of carbonyl (C=O) groups is 4. The Bertz CT molecular complexity index is 1940. The Morgan fingerprint density at radius 2 is 1.29 bits per heavy atom. The van der Waals surface area contributed by atoms with Gasteiger partial charge in [-0.25, -0.2) is 9.86 Å². The summed E-state index contributed by atoms with van der Waals surface area (Å²) in [6.07, 6.45) is 3.73. The van der Waals surface area contributed by atoms with E-state index in [4.69, 9.17) is 37.9 Å². The van der Waals surface area contributed by atoms with Crippen LogP contribution in [0.3, 0.4) is 0 Å². The third-order valence-corrected chi connectivity index (χ3v) is 9.25. The second-order valence-electron chi connectivity index (χ2n) is 13.7. The van der Waals surface area contributed by atoms with Gasteiger partial charge in [0.25, 0.3) is 5.91 Å². The van der Waals surface area contributed by atoms with E-state index in [1.54, 1.807) is 55.6 Å². The molecule has 0 saturated heterocycles. The molecule has 2 heterocycles. The van der Waals surface area contributed by atoms with Crippen molar-refractivity contribution < 1.29 is 33.9 Å². The highest BCUT2D eigenvalue weighted by molar-refractivity contribution is 6.31.